The zero-order valence-electron chi connectivity index (χ0n) is 12.5. The third-order valence-electron chi connectivity index (χ3n) is 5.83. The van der Waals surface area contributed by atoms with Crippen molar-refractivity contribution < 1.29 is 4.74 Å². The second kappa shape index (κ2) is 4.90. The van der Waals surface area contributed by atoms with E-state index in [1.165, 1.54) is 25.3 Å². The third-order valence-corrected chi connectivity index (χ3v) is 7.20. The van der Waals surface area contributed by atoms with E-state index in [0.717, 1.165) is 24.8 Å². The van der Waals surface area contributed by atoms with Gasteiger partial charge in [0, 0.05) is 54.1 Å². The number of fused-ring (bicyclic) bond motifs is 1. The van der Waals surface area contributed by atoms with E-state index >= 15 is 0 Å². The van der Waals surface area contributed by atoms with Crippen LogP contribution in [0.2, 0.25) is 0 Å². The molecule has 1 aliphatic carbocycles. The molecular formula is C15H28N2OS. The Kier molecular flexibility index (Phi) is 3.66. The highest BCUT2D eigenvalue weighted by Gasteiger charge is 2.67. The van der Waals surface area contributed by atoms with Gasteiger partial charge in [-0.05, 0) is 12.8 Å². The van der Waals surface area contributed by atoms with Gasteiger partial charge in [0.2, 0.25) is 0 Å². The van der Waals surface area contributed by atoms with Gasteiger partial charge < -0.3 is 10.5 Å². The highest BCUT2D eigenvalue weighted by Crippen LogP contribution is 2.58. The van der Waals surface area contributed by atoms with Gasteiger partial charge >= 0.3 is 0 Å². The lowest BCUT2D eigenvalue weighted by Gasteiger charge is -2.63. The Morgan fingerprint density at radius 3 is 2.95 bits per heavy atom. The van der Waals surface area contributed by atoms with Gasteiger partial charge in [0.1, 0.15) is 0 Å². The van der Waals surface area contributed by atoms with Crippen LogP contribution >= 0.6 is 11.8 Å². The number of ether oxygens (including phenoxy) is 1. The summed E-state index contributed by atoms with van der Waals surface area (Å²) in [6.45, 7) is 11.3. The Morgan fingerprint density at radius 1 is 1.42 bits per heavy atom. The minimum atomic E-state index is -0.0472. The number of hydrogen-bond donors (Lipinski definition) is 1. The molecule has 0 amide bonds. The van der Waals surface area contributed by atoms with E-state index in [0.29, 0.717) is 12.0 Å². The smallest absolute Gasteiger partial charge is 0.0691 e. The maximum atomic E-state index is 6.86. The second-order valence-corrected chi connectivity index (χ2v) is 8.49. The van der Waals surface area contributed by atoms with Crippen LogP contribution < -0.4 is 5.73 Å². The van der Waals surface area contributed by atoms with Crippen molar-refractivity contribution >= 4 is 11.8 Å². The summed E-state index contributed by atoms with van der Waals surface area (Å²) in [7, 11) is 0. The molecule has 2 saturated heterocycles. The lowest BCUT2D eigenvalue weighted by Crippen LogP contribution is -2.78. The van der Waals surface area contributed by atoms with Crippen molar-refractivity contribution in [3.05, 3.63) is 0 Å². The Labute approximate surface area is 121 Å². The van der Waals surface area contributed by atoms with Crippen molar-refractivity contribution in [2.75, 3.05) is 32.0 Å². The largest absolute Gasteiger partial charge is 0.377 e. The molecule has 110 valence electrons. The van der Waals surface area contributed by atoms with Crippen LogP contribution in [0.3, 0.4) is 0 Å². The van der Waals surface area contributed by atoms with Gasteiger partial charge in [0.05, 0.1) is 6.10 Å². The SMILES string of the molecule is CCC1CN(CC2(N)C3CCOC3C2(C)C)CCS1. The fourth-order valence-corrected chi connectivity index (χ4v) is 5.59. The van der Waals surface area contributed by atoms with Crippen molar-refractivity contribution in [3.63, 3.8) is 0 Å². The van der Waals surface area contributed by atoms with Crippen LogP contribution in [-0.2, 0) is 4.74 Å². The van der Waals surface area contributed by atoms with E-state index in [4.69, 9.17) is 10.5 Å². The fraction of sp³-hybridized carbons (Fsp3) is 1.00. The Morgan fingerprint density at radius 2 is 2.21 bits per heavy atom. The summed E-state index contributed by atoms with van der Waals surface area (Å²) < 4.78 is 5.89. The van der Waals surface area contributed by atoms with E-state index < -0.39 is 0 Å². The summed E-state index contributed by atoms with van der Waals surface area (Å²) in [5.74, 6) is 1.84. The lowest BCUT2D eigenvalue weighted by molar-refractivity contribution is -0.163. The molecule has 0 spiro atoms. The fourth-order valence-electron chi connectivity index (χ4n) is 4.34. The molecule has 1 saturated carbocycles. The summed E-state index contributed by atoms with van der Waals surface area (Å²) in [5.41, 5.74) is 6.93. The molecule has 3 fully saturated rings. The number of nitrogens with zero attached hydrogens (tertiary/aromatic N) is 1. The standard InChI is InChI=1S/C15H28N2OS/c1-4-11-9-17(6-8-19-11)10-15(16)12-5-7-18-13(12)14(15,2)3/h11-13H,4-10,16H2,1-3H3. The molecule has 4 atom stereocenters. The molecule has 0 aromatic heterocycles. The first kappa shape index (κ1) is 14.2. The van der Waals surface area contributed by atoms with Gasteiger partial charge in [-0.15, -0.1) is 0 Å². The average Bonchev–Trinajstić information content (AvgIpc) is 2.87. The average molecular weight is 284 g/mol. The van der Waals surface area contributed by atoms with Crippen LogP contribution in [0.15, 0.2) is 0 Å². The number of hydrogen-bond acceptors (Lipinski definition) is 4. The maximum absolute atomic E-state index is 6.86. The molecule has 0 aromatic rings. The summed E-state index contributed by atoms with van der Waals surface area (Å²) >= 11 is 2.13. The molecule has 19 heavy (non-hydrogen) atoms. The van der Waals surface area contributed by atoms with Gasteiger partial charge in [0.25, 0.3) is 0 Å². The summed E-state index contributed by atoms with van der Waals surface area (Å²) in [6, 6.07) is 0. The molecule has 0 aromatic carbocycles. The molecule has 2 aliphatic heterocycles. The molecule has 4 heteroatoms. The summed E-state index contributed by atoms with van der Waals surface area (Å²) in [6.07, 6.45) is 2.83. The maximum Gasteiger partial charge on any atom is 0.0691 e. The van der Waals surface area contributed by atoms with E-state index in [1.807, 2.05) is 0 Å². The molecule has 3 nitrogen and oxygen atoms in total. The van der Waals surface area contributed by atoms with E-state index in [2.05, 4.69) is 37.4 Å². The van der Waals surface area contributed by atoms with Crippen molar-refractivity contribution in [1.82, 2.24) is 4.90 Å². The predicted octanol–water partition coefficient (Wildman–Crippen LogP) is 1.96. The van der Waals surface area contributed by atoms with Crippen LogP contribution in [-0.4, -0.2) is 53.8 Å². The predicted molar refractivity (Wildman–Crippen MR) is 81.5 cm³/mol. The monoisotopic (exact) mass is 284 g/mol. The van der Waals surface area contributed by atoms with E-state index in [1.54, 1.807) is 0 Å². The van der Waals surface area contributed by atoms with Crippen LogP contribution in [0.25, 0.3) is 0 Å². The van der Waals surface area contributed by atoms with Crippen LogP contribution in [0.1, 0.15) is 33.6 Å². The van der Waals surface area contributed by atoms with Crippen LogP contribution in [0.4, 0.5) is 0 Å². The highest BCUT2D eigenvalue weighted by atomic mass is 32.2. The molecule has 0 radical (unpaired) electrons. The number of rotatable bonds is 3. The Hall–Kier alpha value is 0.230. The first-order valence-corrected chi connectivity index (χ1v) is 8.78. The molecule has 3 aliphatic rings. The third kappa shape index (κ3) is 2.06. The van der Waals surface area contributed by atoms with Crippen molar-refractivity contribution in [3.8, 4) is 0 Å². The zero-order valence-corrected chi connectivity index (χ0v) is 13.3. The first-order chi connectivity index (χ1) is 8.99. The first-order valence-electron chi connectivity index (χ1n) is 7.73. The number of nitrogens with two attached hydrogens (primary N) is 1. The van der Waals surface area contributed by atoms with Gasteiger partial charge in [-0.2, -0.15) is 11.8 Å². The Bertz CT molecular complexity index is 349. The molecular weight excluding hydrogens is 256 g/mol. The van der Waals surface area contributed by atoms with Crippen molar-refractivity contribution in [2.24, 2.45) is 17.1 Å². The van der Waals surface area contributed by atoms with Crippen molar-refractivity contribution in [1.29, 1.82) is 0 Å². The zero-order chi connectivity index (χ0) is 13.7. The van der Waals surface area contributed by atoms with Gasteiger partial charge in [-0.1, -0.05) is 20.8 Å². The highest BCUT2D eigenvalue weighted by molar-refractivity contribution is 8.00. The lowest BCUT2D eigenvalue weighted by atomic mass is 9.48. The minimum Gasteiger partial charge on any atom is -0.377 e. The molecule has 0 bridgehead atoms. The van der Waals surface area contributed by atoms with E-state index in [9.17, 15) is 0 Å². The Balaban J connectivity index is 1.68. The van der Waals surface area contributed by atoms with Gasteiger partial charge in [-0.25, -0.2) is 0 Å². The normalized spacial score (nSPS) is 45.8. The summed E-state index contributed by atoms with van der Waals surface area (Å²) in [5, 5.41) is 0.802. The molecule has 3 rings (SSSR count). The van der Waals surface area contributed by atoms with Gasteiger partial charge in [-0.3, -0.25) is 4.90 Å². The molecule has 2 N–H and O–H groups in total. The second-order valence-electron chi connectivity index (χ2n) is 7.08. The van der Waals surface area contributed by atoms with E-state index in [-0.39, 0.29) is 11.0 Å². The topological polar surface area (TPSA) is 38.5 Å². The van der Waals surface area contributed by atoms with Gasteiger partial charge in [0.15, 0.2) is 0 Å². The van der Waals surface area contributed by atoms with Crippen LogP contribution in [0, 0.1) is 11.3 Å². The van der Waals surface area contributed by atoms with Crippen molar-refractivity contribution in [2.45, 2.75) is 50.5 Å². The molecule has 2 heterocycles. The molecule has 4 unspecified atom stereocenters. The quantitative estimate of drug-likeness (QED) is 0.860. The summed E-state index contributed by atoms with van der Waals surface area (Å²) in [4.78, 5) is 2.61. The van der Waals surface area contributed by atoms with Crippen LogP contribution in [0.5, 0.6) is 0 Å². The number of thioether (sulfide) groups is 1. The minimum absolute atomic E-state index is 0.0472.